The second-order valence-electron chi connectivity index (χ2n) is 3.83. The predicted octanol–water partition coefficient (Wildman–Crippen LogP) is 3.38. The standard InChI is InChI=1S/C12H16BrNO2/c1-4-8(2)14(3)11-7-9(13)5-6-10(11)12(15)16/h5-8H,4H2,1-3H3,(H,15,16). The van der Waals surface area contributed by atoms with E-state index in [2.05, 4.69) is 29.8 Å². The third kappa shape index (κ3) is 2.76. The van der Waals surface area contributed by atoms with Crippen LogP contribution in [0.3, 0.4) is 0 Å². The van der Waals surface area contributed by atoms with Crippen LogP contribution in [0.25, 0.3) is 0 Å². The predicted molar refractivity (Wildman–Crippen MR) is 69.3 cm³/mol. The Bertz CT molecular complexity index is 393. The first-order valence-electron chi connectivity index (χ1n) is 5.23. The van der Waals surface area contributed by atoms with Crippen molar-refractivity contribution < 1.29 is 9.90 Å². The number of carbonyl (C=O) groups is 1. The van der Waals surface area contributed by atoms with Crippen molar-refractivity contribution in [1.82, 2.24) is 0 Å². The Labute approximate surface area is 104 Å². The van der Waals surface area contributed by atoms with E-state index < -0.39 is 5.97 Å². The molecule has 0 fully saturated rings. The molecule has 0 heterocycles. The minimum atomic E-state index is -0.891. The highest BCUT2D eigenvalue weighted by atomic mass is 79.9. The fourth-order valence-electron chi connectivity index (χ4n) is 1.49. The fourth-order valence-corrected chi connectivity index (χ4v) is 1.84. The second-order valence-corrected chi connectivity index (χ2v) is 4.75. The molecule has 1 atom stereocenters. The summed E-state index contributed by atoms with van der Waals surface area (Å²) in [7, 11) is 1.92. The van der Waals surface area contributed by atoms with Crippen LogP contribution < -0.4 is 4.90 Å². The third-order valence-corrected chi connectivity index (χ3v) is 3.32. The van der Waals surface area contributed by atoms with Gasteiger partial charge in [-0.05, 0) is 31.5 Å². The molecule has 3 nitrogen and oxygen atoms in total. The van der Waals surface area contributed by atoms with Gasteiger partial charge in [0.25, 0.3) is 0 Å². The van der Waals surface area contributed by atoms with Crippen molar-refractivity contribution >= 4 is 27.6 Å². The van der Waals surface area contributed by atoms with Crippen LogP contribution in [0, 0.1) is 0 Å². The van der Waals surface area contributed by atoms with E-state index in [0.29, 0.717) is 11.6 Å². The van der Waals surface area contributed by atoms with Crippen LogP contribution in [0.15, 0.2) is 22.7 Å². The molecular formula is C12H16BrNO2. The molecule has 88 valence electrons. The molecule has 0 aliphatic heterocycles. The van der Waals surface area contributed by atoms with Crippen LogP contribution in [-0.2, 0) is 0 Å². The summed E-state index contributed by atoms with van der Waals surface area (Å²) in [5.41, 5.74) is 1.09. The van der Waals surface area contributed by atoms with Crippen LogP contribution >= 0.6 is 15.9 Å². The van der Waals surface area contributed by atoms with Crippen molar-refractivity contribution in [3.63, 3.8) is 0 Å². The molecule has 1 rings (SSSR count). The minimum absolute atomic E-state index is 0.312. The van der Waals surface area contributed by atoms with Crippen molar-refractivity contribution in [3.05, 3.63) is 28.2 Å². The molecule has 0 saturated carbocycles. The summed E-state index contributed by atoms with van der Waals surface area (Å²) < 4.78 is 0.891. The molecule has 16 heavy (non-hydrogen) atoms. The van der Waals surface area contributed by atoms with Crippen LogP contribution in [0.2, 0.25) is 0 Å². The summed E-state index contributed by atoms with van der Waals surface area (Å²) in [6, 6.07) is 5.53. The summed E-state index contributed by atoms with van der Waals surface area (Å²) in [5, 5.41) is 9.12. The molecule has 1 aromatic rings. The summed E-state index contributed by atoms with van der Waals surface area (Å²) in [4.78, 5) is 13.1. The third-order valence-electron chi connectivity index (χ3n) is 2.82. The first-order chi connectivity index (χ1) is 7.47. The lowest BCUT2D eigenvalue weighted by Gasteiger charge is -2.27. The molecule has 4 heteroatoms. The Morgan fingerprint density at radius 1 is 1.56 bits per heavy atom. The van der Waals surface area contributed by atoms with Crippen molar-refractivity contribution in [2.24, 2.45) is 0 Å². The number of hydrogen-bond donors (Lipinski definition) is 1. The van der Waals surface area contributed by atoms with Gasteiger partial charge in [0.2, 0.25) is 0 Å². The topological polar surface area (TPSA) is 40.5 Å². The largest absolute Gasteiger partial charge is 0.478 e. The van der Waals surface area contributed by atoms with Gasteiger partial charge >= 0.3 is 5.97 Å². The number of halogens is 1. The first-order valence-corrected chi connectivity index (χ1v) is 6.02. The molecular weight excluding hydrogens is 270 g/mol. The number of hydrogen-bond acceptors (Lipinski definition) is 2. The Balaban J connectivity index is 3.19. The van der Waals surface area contributed by atoms with Crippen molar-refractivity contribution in [1.29, 1.82) is 0 Å². The molecule has 1 aromatic carbocycles. The van der Waals surface area contributed by atoms with Crippen LogP contribution in [-0.4, -0.2) is 24.2 Å². The van der Waals surface area contributed by atoms with Crippen molar-refractivity contribution in [2.45, 2.75) is 26.3 Å². The quantitative estimate of drug-likeness (QED) is 0.922. The Morgan fingerprint density at radius 2 is 2.19 bits per heavy atom. The molecule has 0 aliphatic rings. The van der Waals surface area contributed by atoms with E-state index >= 15 is 0 Å². The minimum Gasteiger partial charge on any atom is -0.478 e. The van der Waals surface area contributed by atoms with E-state index in [-0.39, 0.29) is 0 Å². The van der Waals surface area contributed by atoms with Crippen molar-refractivity contribution in [3.8, 4) is 0 Å². The van der Waals surface area contributed by atoms with Gasteiger partial charge in [-0.15, -0.1) is 0 Å². The smallest absolute Gasteiger partial charge is 0.337 e. The van der Waals surface area contributed by atoms with Gasteiger partial charge in [0.1, 0.15) is 0 Å². The Kier molecular flexibility index (Phi) is 4.35. The highest BCUT2D eigenvalue weighted by molar-refractivity contribution is 9.10. The van der Waals surface area contributed by atoms with Crippen LogP contribution in [0.5, 0.6) is 0 Å². The Morgan fingerprint density at radius 3 is 2.69 bits per heavy atom. The van der Waals surface area contributed by atoms with Gasteiger partial charge in [-0.2, -0.15) is 0 Å². The molecule has 0 aliphatic carbocycles. The van der Waals surface area contributed by atoms with Gasteiger partial charge in [-0.3, -0.25) is 0 Å². The molecule has 0 radical (unpaired) electrons. The van der Waals surface area contributed by atoms with Gasteiger partial charge in [-0.25, -0.2) is 4.79 Å². The Hall–Kier alpha value is -1.03. The van der Waals surface area contributed by atoms with E-state index in [1.165, 1.54) is 0 Å². The monoisotopic (exact) mass is 285 g/mol. The van der Waals surface area contributed by atoms with Crippen LogP contribution in [0.1, 0.15) is 30.6 Å². The zero-order chi connectivity index (χ0) is 12.3. The normalized spacial score (nSPS) is 12.2. The summed E-state index contributed by atoms with van der Waals surface area (Å²) in [6.45, 7) is 4.16. The first kappa shape index (κ1) is 13.0. The molecule has 0 aromatic heterocycles. The summed E-state index contributed by atoms with van der Waals surface area (Å²) in [6.07, 6.45) is 0.974. The van der Waals surface area contributed by atoms with E-state index in [1.54, 1.807) is 12.1 Å². The maximum atomic E-state index is 11.1. The molecule has 0 amide bonds. The van der Waals surface area contributed by atoms with Gasteiger partial charge < -0.3 is 10.0 Å². The van der Waals surface area contributed by atoms with Gasteiger partial charge in [0.05, 0.1) is 11.3 Å². The lowest BCUT2D eigenvalue weighted by Crippen LogP contribution is -2.29. The molecule has 0 bridgehead atoms. The van der Waals surface area contributed by atoms with Gasteiger partial charge in [0.15, 0.2) is 0 Å². The van der Waals surface area contributed by atoms with Gasteiger partial charge in [0, 0.05) is 17.6 Å². The average molecular weight is 286 g/mol. The van der Waals surface area contributed by atoms with Crippen molar-refractivity contribution in [2.75, 3.05) is 11.9 Å². The van der Waals surface area contributed by atoms with E-state index in [1.807, 2.05) is 18.0 Å². The molecule has 0 saturated heterocycles. The number of rotatable bonds is 4. The number of anilines is 1. The highest BCUT2D eigenvalue weighted by Crippen LogP contribution is 2.26. The molecule has 1 unspecified atom stereocenters. The highest BCUT2D eigenvalue weighted by Gasteiger charge is 2.16. The zero-order valence-corrected chi connectivity index (χ0v) is 11.3. The summed E-state index contributed by atoms with van der Waals surface area (Å²) >= 11 is 3.37. The lowest BCUT2D eigenvalue weighted by molar-refractivity contribution is 0.0697. The van der Waals surface area contributed by atoms with E-state index in [0.717, 1.165) is 16.6 Å². The van der Waals surface area contributed by atoms with E-state index in [9.17, 15) is 4.79 Å². The van der Waals surface area contributed by atoms with Crippen LogP contribution in [0.4, 0.5) is 5.69 Å². The molecule has 1 N–H and O–H groups in total. The number of carboxylic acid groups (broad SMARTS) is 1. The maximum Gasteiger partial charge on any atom is 0.337 e. The maximum absolute atomic E-state index is 11.1. The SMILES string of the molecule is CCC(C)N(C)c1cc(Br)ccc1C(=O)O. The second kappa shape index (κ2) is 5.34. The van der Waals surface area contributed by atoms with E-state index in [4.69, 9.17) is 5.11 Å². The fraction of sp³-hybridized carbons (Fsp3) is 0.417. The molecule has 0 spiro atoms. The number of nitrogens with zero attached hydrogens (tertiary/aromatic N) is 1. The number of aromatic carboxylic acids is 1. The summed E-state index contributed by atoms with van der Waals surface area (Å²) in [5.74, 6) is -0.891. The lowest BCUT2D eigenvalue weighted by atomic mass is 10.1. The van der Waals surface area contributed by atoms with Gasteiger partial charge in [-0.1, -0.05) is 22.9 Å². The number of benzene rings is 1. The number of carboxylic acids is 1. The zero-order valence-electron chi connectivity index (χ0n) is 9.70. The average Bonchev–Trinajstić information content (AvgIpc) is 2.26.